The summed E-state index contributed by atoms with van der Waals surface area (Å²) in [6.45, 7) is 1.52. The number of hydrogen-bond donors (Lipinski definition) is 2. The van der Waals surface area contributed by atoms with Crippen LogP contribution in [0.15, 0.2) is 21.6 Å². The van der Waals surface area contributed by atoms with Gasteiger partial charge in [0.2, 0.25) is 0 Å². The van der Waals surface area contributed by atoms with Crippen LogP contribution >= 0.6 is 0 Å². The van der Waals surface area contributed by atoms with Crippen LogP contribution < -0.4 is 15.2 Å². The van der Waals surface area contributed by atoms with Gasteiger partial charge in [0.25, 0.3) is 10.0 Å². The molecule has 0 saturated carbocycles. The fourth-order valence-corrected chi connectivity index (χ4v) is 2.44. The molecule has 0 unspecified atom stereocenters. The molecule has 3 N–H and O–H groups in total. The van der Waals surface area contributed by atoms with Crippen molar-refractivity contribution in [1.29, 1.82) is 0 Å². The molecule has 0 radical (unpaired) electrons. The Balaban J connectivity index is 2.39. The number of nitrogens with one attached hydrogen (secondary N) is 1. The van der Waals surface area contributed by atoms with Crippen molar-refractivity contribution in [2.75, 3.05) is 17.6 Å². The minimum Gasteiger partial charge on any atom is -0.492 e. The van der Waals surface area contributed by atoms with Gasteiger partial charge in [-0.15, -0.1) is 0 Å². The Bertz CT molecular complexity index is 720. The number of anilines is 2. The van der Waals surface area contributed by atoms with E-state index in [9.17, 15) is 12.8 Å². The molecular formula is C10H11FN4O4S. The van der Waals surface area contributed by atoms with E-state index >= 15 is 0 Å². The largest absolute Gasteiger partial charge is 0.492 e. The van der Waals surface area contributed by atoms with Gasteiger partial charge in [0, 0.05) is 0 Å². The minimum absolute atomic E-state index is 0.144. The van der Waals surface area contributed by atoms with E-state index in [-0.39, 0.29) is 28.2 Å². The van der Waals surface area contributed by atoms with Crippen LogP contribution in [0.1, 0.15) is 5.82 Å². The van der Waals surface area contributed by atoms with Crippen LogP contribution in [-0.2, 0) is 10.0 Å². The average Bonchev–Trinajstić information content (AvgIpc) is 2.73. The summed E-state index contributed by atoms with van der Waals surface area (Å²) in [5, 5.41) is 3.43. The van der Waals surface area contributed by atoms with Crippen molar-refractivity contribution in [3.63, 3.8) is 0 Å². The Morgan fingerprint density at radius 3 is 2.65 bits per heavy atom. The number of halogens is 1. The summed E-state index contributed by atoms with van der Waals surface area (Å²) < 4.78 is 49.0. The molecule has 1 aromatic heterocycles. The van der Waals surface area contributed by atoms with Gasteiger partial charge in [-0.25, -0.2) is 17.5 Å². The Labute approximate surface area is 113 Å². The zero-order chi connectivity index (χ0) is 14.9. The van der Waals surface area contributed by atoms with Crippen molar-refractivity contribution in [1.82, 2.24) is 10.1 Å². The quantitative estimate of drug-likeness (QED) is 0.805. The zero-order valence-electron chi connectivity index (χ0n) is 10.5. The molecule has 2 aromatic rings. The summed E-state index contributed by atoms with van der Waals surface area (Å²) >= 11 is 0. The molecule has 0 aliphatic rings. The van der Waals surface area contributed by atoms with E-state index in [2.05, 4.69) is 14.7 Å². The lowest BCUT2D eigenvalue weighted by Gasteiger charge is -2.09. The monoisotopic (exact) mass is 302 g/mol. The summed E-state index contributed by atoms with van der Waals surface area (Å²) in [5.41, 5.74) is 5.37. The molecule has 20 heavy (non-hydrogen) atoms. The van der Waals surface area contributed by atoms with Crippen LogP contribution in [0.2, 0.25) is 0 Å². The molecule has 10 heteroatoms. The Kier molecular flexibility index (Phi) is 3.49. The lowest BCUT2D eigenvalue weighted by Crippen LogP contribution is -2.14. The zero-order valence-corrected chi connectivity index (χ0v) is 11.4. The van der Waals surface area contributed by atoms with Crippen molar-refractivity contribution in [2.45, 2.75) is 11.8 Å². The van der Waals surface area contributed by atoms with Crippen molar-refractivity contribution < 1.29 is 22.1 Å². The topological polar surface area (TPSA) is 120 Å². The number of aryl methyl sites for hydroxylation is 1. The van der Waals surface area contributed by atoms with E-state index in [0.717, 1.165) is 12.1 Å². The van der Waals surface area contributed by atoms with Crippen molar-refractivity contribution in [3.8, 4) is 5.75 Å². The summed E-state index contributed by atoms with van der Waals surface area (Å²) in [5.74, 6) is -0.865. The Morgan fingerprint density at radius 1 is 1.45 bits per heavy atom. The fourth-order valence-electron chi connectivity index (χ4n) is 1.47. The first-order chi connectivity index (χ1) is 9.33. The number of hydrogen-bond acceptors (Lipinski definition) is 7. The standard InChI is InChI=1S/C10H11FN4O4S/c1-5-13-10(19-14-5)15-20(16,17)6-3-7(11)9(18-2)8(12)4-6/h3-4H,12H2,1-2H3,(H,13,14,15). The molecule has 0 amide bonds. The van der Waals surface area contributed by atoms with Gasteiger partial charge in [0.1, 0.15) is 0 Å². The molecule has 108 valence electrons. The SMILES string of the molecule is COc1c(N)cc(S(=O)(=O)Nc2nc(C)no2)cc1F. The predicted octanol–water partition coefficient (Wildman–Crippen LogP) is 0.909. The highest BCUT2D eigenvalue weighted by atomic mass is 32.2. The maximum absolute atomic E-state index is 13.6. The van der Waals surface area contributed by atoms with Crippen molar-refractivity contribution in [3.05, 3.63) is 23.8 Å². The number of nitrogens with two attached hydrogens (primary N) is 1. The summed E-state index contributed by atoms with van der Waals surface area (Å²) in [4.78, 5) is 3.30. The summed E-state index contributed by atoms with van der Waals surface area (Å²) in [6, 6.07) is 1.52. The van der Waals surface area contributed by atoms with E-state index in [1.165, 1.54) is 14.0 Å². The minimum atomic E-state index is -4.09. The first-order valence-electron chi connectivity index (χ1n) is 5.29. The first kappa shape index (κ1) is 14.1. The molecule has 0 bridgehead atoms. The highest BCUT2D eigenvalue weighted by Gasteiger charge is 2.21. The Hall–Kier alpha value is -2.36. The molecule has 0 fully saturated rings. The molecule has 0 aliphatic heterocycles. The number of benzene rings is 1. The van der Waals surface area contributed by atoms with E-state index in [0.29, 0.717) is 0 Å². The number of sulfonamides is 1. The smallest absolute Gasteiger partial charge is 0.335 e. The summed E-state index contributed by atoms with van der Waals surface area (Å²) in [7, 11) is -2.87. The number of nitrogens with zero attached hydrogens (tertiary/aromatic N) is 2. The molecule has 0 aliphatic carbocycles. The number of ether oxygens (including phenoxy) is 1. The van der Waals surface area contributed by atoms with Crippen molar-refractivity contribution in [2.24, 2.45) is 0 Å². The number of methoxy groups -OCH3 is 1. The van der Waals surface area contributed by atoms with Gasteiger partial charge in [-0.1, -0.05) is 5.16 Å². The Morgan fingerprint density at radius 2 is 2.15 bits per heavy atom. The number of rotatable bonds is 4. The second-order valence-electron chi connectivity index (χ2n) is 3.78. The van der Waals surface area contributed by atoms with E-state index < -0.39 is 15.8 Å². The lowest BCUT2D eigenvalue weighted by atomic mass is 10.3. The second kappa shape index (κ2) is 4.96. The van der Waals surface area contributed by atoms with Gasteiger partial charge in [-0.2, -0.15) is 4.98 Å². The van der Waals surface area contributed by atoms with Gasteiger partial charge in [-0.3, -0.25) is 0 Å². The van der Waals surface area contributed by atoms with Crippen molar-refractivity contribution >= 4 is 21.7 Å². The molecule has 0 spiro atoms. The van der Waals surface area contributed by atoms with Crippen LogP contribution in [0.3, 0.4) is 0 Å². The predicted molar refractivity (Wildman–Crippen MR) is 67.2 cm³/mol. The molecule has 1 aromatic carbocycles. The first-order valence-corrected chi connectivity index (χ1v) is 6.78. The van der Waals surface area contributed by atoms with Gasteiger partial charge in [0.05, 0.1) is 17.7 Å². The normalized spacial score (nSPS) is 11.3. The fraction of sp³-hybridized carbons (Fsp3) is 0.200. The molecule has 2 rings (SSSR count). The maximum atomic E-state index is 13.6. The third-order valence-electron chi connectivity index (χ3n) is 2.31. The highest BCUT2D eigenvalue weighted by Crippen LogP contribution is 2.29. The van der Waals surface area contributed by atoms with E-state index in [4.69, 9.17) is 10.5 Å². The van der Waals surface area contributed by atoms with Gasteiger partial charge >= 0.3 is 6.01 Å². The second-order valence-corrected chi connectivity index (χ2v) is 5.46. The molecule has 0 saturated heterocycles. The van der Waals surface area contributed by atoms with E-state index in [1.54, 1.807) is 0 Å². The summed E-state index contributed by atoms with van der Waals surface area (Å²) in [6.07, 6.45) is 0. The van der Waals surface area contributed by atoms with Gasteiger partial charge in [0.15, 0.2) is 17.4 Å². The lowest BCUT2D eigenvalue weighted by molar-refractivity contribution is 0.388. The van der Waals surface area contributed by atoms with Crippen LogP contribution in [-0.4, -0.2) is 25.7 Å². The maximum Gasteiger partial charge on any atom is 0.335 e. The van der Waals surface area contributed by atoms with E-state index in [1.807, 2.05) is 4.72 Å². The van der Waals surface area contributed by atoms with Gasteiger partial charge in [-0.05, 0) is 19.1 Å². The highest BCUT2D eigenvalue weighted by molar-refractivity contribution is 7.92. The average molecular weight is 302 g/mol. The van der Waals surface area contributed by atoms with Crippen LogP contribution in [0, 0.1) is 12.7 Å². The number of aromatic nitrogens is 2. The van der Waals surface area contributed by atoms with Crippen LogP contribution in [0.5, 0.6) is 5.75 Å². The molecular weight excluding hydrogens is 291 g/mol. The van der Waals surface area contributed by atoms with Gasteiger partial charge < -0.3 is 15.0 Å². The molecule has 0 atom stereocenters. The van der Waals surface area contributed by atoms with Crippen LogP contribution in [0.25, 0.3) is 0 Å². The third kappa shape index (κ3) is 2.64. The molecule has 8 nitrogen and oxygen atoms in total. The van der Waals surface area contributed by atoms with Crippen LogP contribution in [0.4, 0.5) is 16.1 Å². The third-order valence-corrected chi connectivity index (χ3v) is 3.61. The molecule has 1 heterocycles. The number of nitrogen functional groups attached to an aromatic ring is 1.